The van der Waals surface area contributed by atoms with E-state index in [-0.39, 0.29) is 12.1 Å². The number of nitrogens with zero attached hydrogens (tertiary/aromatic N) is 1. The largest absolute Gasteiger partial charge is 0.480 e. The topological polar surface area (TPSA) is 69.6 Å². The van der Waals surface area contributed by atoms with Crippen molar-refractivity contribution in [1.82, 2.24) is 10.2 Å². The molecule has 0 fully saturated rings. The van der Waals surface area contributed by atoms with Gasteiger partial charge < -0.3 is 15.3 Å². The van der Waals surface area contributed by atoms with Crippen molar-refractivity contribution in [2.45, 2.75) is 25.9 Å². The van der Waals surface area contributed by atoms with E-state index >= 15 is 0 Å². The highest BCUT2D eigenvalue weighted by molar-refractivity contribution is 7.98. The Morgan fingerprint density at radius 3 is 2.40 bits per heavy atom. The van der Waals surface area contributed by atoms with Gasteiger partial charge in [0, 0.05) is 18.8 Å². The highest BCUT2D eigenvalue weighted by Crippen LogP contribution is 2.03. The number of aliphatic carboxylic acids is 1. The molecule has 0 saturated heterocycles. The second-order valence-corrected chi connectivity index (χ2v) is 4.34. The minimum Gasteiger partial charge on any atom is -0.480 e. The fraction of sp³-hybridized carbons (Fsp3) is 0.778. The van der Waals surface area contributed by atoms with Gasteiger partial charge in [-0.05, 0) is 20.1 Å². The van der Waals surface area contributed by atoms with E-state index in [4.69, 9.17) is 5.11 Å². The van der Waals surface area contributed by atoms with Crippen LogP contribution in [0.4, 0.5) is 4.79 Å². The Bertz CT molecular complexity index is 235. The number of rotatable bonds is 5. The van der Waals surface area contributed by atoms with E-state index in [1.54, 1.807) is 18.8 Å². The van der Waals surface area contributed by atoms with Gasteiger partial charge in [-0.1, -0.05) is 0 Å². The predicted molar refractivity (Wildman–Crippen MR) is 61.2 cm³/mol. The zero-order chi connectivity index (χ0) is 12.0. The average Bonchev–Trinajstić information content (AvgIpc) is 2.16. The normalized spacial score (nSPS) is 14.1. The molecule has 0 rings (SSSR count). The van der Waals surface area contributed by atoms with Crippen LogP contribution in [0.15, 0.2) is 0 Å². The Hall–Kier alpha value is -0.910. The second kappa shape index (κ2) is 6.55. The first-order chi connectivity index (χ1) is 6.90. The van der Waals surface area contributed by atoms with Gasteiger partial charge in [-0.3, -0.25) is 4.79 Å². The van der Waals surface area contributed by atoms with Gasteiger partial charge in [-0.25, -0.2) is 4.79 Å². The third-order valence-electron chi connectivity index (χ3n) is 2.10. The number of nitrogens with one attached hydrogen (secondary N) is 1. The molecule has 1 unspecified atom stereocenters. The fourth-order valence-corrected chi connectivity index (χ4v) is 1.61. The number of hydrogen-bond acceptors (Lipinski definition) is 3. The minimum atomic E-state index is -1.03. The molecule has 2 N–H and O–H groups in total. The monoisotopic (exact) mass is 234 g/mol. The smallest absolute Gasteiger partial charge is 0.325 e. The molecular formula is C9H18N2O3S. The molecule has 0 radical (unpaired) electrons. The van der Waals surface area contributed by atoms with Crippen LogP contribution in [0.5, 0.6) is 0 Å². The molecule has 2 amide bonds. The van der Waals surface area contributed by atoms with Crippen LogP contribution in [-0.4, -0.2) is 53.1 Å². The summed E-state index contributed by atoms with van der Waals surface area (Å²) >= 11 is 1.64. The van der Waals surface area contributed by atoms with Gasteiger partial charge in [0.2, 0.25) is 0 Å². The molecule has 0 aliphatic carbocycles. The van der Waals surface area contributed by atoms with E-state index in [1.807, 2.05) is 13.2 Å². The molecule has 2 atom stereocenters. The maximum absolute atomic E-state index is 11.5. The molecule has 0 aromatic rings. The molecule has 0 saturated carbocycles. The maximum atomic E-state index is 11.5. The van der Waals surface area contributed by atoms with E-state index in [9.17, 15) is 9.59 Å². The molecule has 0 aliphatic rings. The molecule has 0 heterocycles. The number of urea groups is 1. The van der Waals surface area contributed by atoms with Crippen LogP contribution in [0.1, 0.15) is 13.8 Å². The third kappa shape index (κ3) is 4.92. The van der Waals surface area contributed by atoms with Crippen LogP contribution in [-0.2, 0) is 4.79 Å². The summed E-state index contributed by atoms with van der Waals surface area (Å²) in [4.78, 5) is 23.5. The minimum absolute atomic E-state index is 0.0843. The van der Waals surface area contributed by atoms with E-state index in [2.05, 4.69) is 5.32 Å². The van der Waals surface area contributed by atoms with Gasteiger partial charge in [-0.2, -0.15) is 11.8 Å². The highest BCUT2D eigenvalue weighted by Gasteiger charge is 2.19. The number of hydrogen-bond donors (Lipinski definition) is 2. The lowest BCUT2D eigenvalue weighted by Gasteiger charge is -2.25. The van der Waals surface area contributed by atoms with Gasteiger partial charge in [-0.15, -0.1) is 0 Å². The molecule has 0 aromatic carbocycles. The molecular weight excluding hydrogens is 216 g/mol. The van der Waals surface area contributed by atoms with Crippen LogP contribution in [0, 0.1) is 0 Å². The standard InChI is InChI=1S/C9H18N2O3S/c1-6(5-15-4)11(3)9(14)10-7(2)8(12)13/h6-7H,5H2,1-4H3,(H,10,14)(H,12,13)/t6?,7-/m1/s1. The third-order valence-corrected chi connectivity index (χ3v) is 2.92. The summed E-state index contributed by atoms with van der Waals surface area (Å²) in [5.41, 5.74) is 0. The van der Waals surface area contributed by atoms with Crippen LogP contribution in [0.3, 0.4) is 0 Å². The van der Waals surface area contributed by atoms with Crippen LogP contribution in [0.2, 0.25) is 0 Å². The summed E-state index contributed by atoms with van der Waals surface area (Å²) in [6, 6.07) is -1.13. The average molecular weight is 234 g/mol. The molecule has 5 nitrogen and oxygen atoms in total. The quantitative estimate of drug-likeness (QED) is 0.740. The van der Waals surface area contributed by atoms with E-state index in [1.165, 1.54) is 11.8 Å². The van der Waals surface area contributed by atoms with Crippen molar-refractivity contribution in [2.24, 2.45) is 0 Å². The number of carboxylic acids is 1. The van der Waals surface area contributed by atoms with Crippen LogP contribution >= 0.6 is 11.8 Å². The van der Waals surface area contributed by atoms with Crippen LogP contribution < -0.4 is 5.32 Å². The van der Waals surface area contributed by atoms with E-state index in [0.717, 1.165) is 5.75 Å². The highest BCUT2D eigenvalue weighted by atomic mass is 32.2. The molecule has 0 aliphatic heterocycles. The molecule has 15 heavy (non-hydrogen) atoms. The lowest BCUT2D eigenvalue weighted by Crippen LogP contribution is -2.48. The summed E-state index contributed by atoms with van der Waals surface area (Å²) < 4.78 is 0. The van der Waals surface area contributed by atoms with Crippen molar-refractivity contribution in [3.63, 3.8) is 0 Å². The number of carbonyl (C=O) groups is 2. The van der Waals surface area contributed by atoms with Gasteiger partial charge in [0.05, 0.1) is 0 Å². The summed E-state index contributed by atoms with van der Waals surface area (Å²) in [5.74, 6) is -0.208. The number of amides is 2. The first-order valence-electron chi connectivity index (χ1n) is 4.65. The Morgan fingerprint density at radius 2 is 2.00 bits per heavy atom. The van der Waals surface area contributed by atoms with Gasteiger partial charge in [0.25, 0.3) is 0 Å². The Labute approximate surface area is 94.2 Å². The maximum Gasteiger partial charge on any atom is 0.325 e. The molecule has 0 spiro atoms. The van der Waals surface area contributed by atoms with Crippen molar-refractivity contribution < 1.29 is 14.7 Å². The van der Waals surface area contributed by atoms with Crippen molar-refractivity contribution >= 4 is 23.8 Å². The first-order valence-corrected chi connectivity index (χ1v) is 6.04. The lowest BCUT2D eigenvalue weighted by molar-refractivity contribution is -0.138. The van der Waals surface area contributed by atoms with Gasteiger partial charge in [0.1, 0.15) is 6.04 Å². The summed E-state index contributed by atoms with van der Waals surface area (Å²) in [6.07, 6.45) is 1.96. The first kappa shape index (κ1) is 14.1. The second-order valence-electron chi connectivity index (χ2n) is 3.42. The molecule has 0 bridgehead atoms. The number of thioether (sulfide) groups is 1. The Morgan fingerprint density at radius 1 is 1.47 bits per heavy atom. The summed E-state index contributed by atoms with van der Waals surface area (Å²) in [7, 11) is 1.66. The Kier molecular flexibility index (Phi) is 6.15. The van der Waals surface area contributed by atoms with Crippen molar-refractivity contribution in [2.75, 3.05) is 19.1 Å². The lowest BCUT2D eigenvalue weighted by atomic mass is 10.3. The van der Waals surface area contributed by atoms with E-state index in [0.29, 0.717) is 0 Å². The van der Waals surface area contributed by atoms with Crippen molar-refractivity contribution in [3.05, 3.63) is 0 Å². The number of carbonyl (C=O) groups excluding carboxylic acids is 1. The van der Waals surface area contributed by atoms with Crippen molar-refractivity contribution in [3.8, 4) is 0 Å². The molecule has 6 heteroatoms. The zero-order valence-corrected chi connectivity index (χ0v) is 10.3. The summed E-state index contributed by atoms with van der Waals surface area (Å²) in [6.45, 7) is 3.36. The van der Waals surface area contributed by atoms with Gasteiger partial charge >= 0.3 is 12.0 Å². The molecule has 0 aromatic heterocycles. The predicted octanol–water partition coefficient (Wildman–Crippen LogP) is 0.852. The SMILES string of the molecule is CSCC(C)N(C)C(=O)N[C@H](C)C(=O)O. The van der Waals surface area contributed by atoms with Gasteiger partial charge in [0.15, 0.2) is 0 Å². The Balaban J connectivity index is 4.14. The summed E-state index contributed by atoms with van der Waals surface area (Å²) in [5, 5.41) is 11.0. The zero-order valence-electron chi connectivity index (χ0n) is 9.48. The number of carboxylic acid groups (broad SMARTS) is 1. The van der Waals surface area contributed by atoms with Crippen LogP contribution in [0.25, 0.3) is 0 Å². The molecule has 88 valence electrons. The fourth-order valence-electron chi connectivity index (χ4n) is 0.902. The van der Waals surface area contributed by atoms with E-state index < -0.39 is 12.0 Å². The van der Waals surface area contributed by atoms with Crippen molar-refractivity contribution in [1.29, 1.82) is 0 Å².